The number of nitrogens with one attached hydrogen (secondary N) is 1. The van der Waals surface area contributed by atoms with E-state index in [1.807, 2.05) is 11.3 Å². The summed E-state index contributed by atoms with van der Waals surface area (Å²) in [6.07, 6.45) is 3.84. The predicted molar refractivity (Wildman–Crippen MR) is 82.7 cm³/mol. The highest BCUT2D eigenvalue weighted by molar-refractivity contribution is 7.10. The molecule has 100 valence electrons. The fourth-order valence-electron chi connectivity index (χ4n) is 3.12. The minimum atomic E-state index is 0.414. The first-order valence-corrected chi connectivity index (χ1v) is 8.01. The van der Waals surface area contributed by atoms with Gasteiger partial charge in [0.1, 0.15) is 0 Å². The van der Waals surface area contributed by atoms with E-state index in [9.17, 15) is 0 Å². The number of hydrogen-bond donors (Lipinski definition) is 1. The molecule has 2 atom stereocenters. The van der Waals surface area contributed by atoms with Crippen LogP contribution in [0.3, 0.4) is 0 Å². The van der Waals surface area contributed by atoms with Crippen molar-refractivity contribution in [3.05, 3.63) is 57.3 Å². The lowest BCUT2D eigenvalue weighted by Crippen LogP contribution is -2.27. The Labute approximate surface area is 119 Å². The standard InChI is InChI=1S/C17H21NS/c1-12-6-3-4-7-14(12)13(2)18-16-8-5-9-17-15(16)10-11-19-17/h3-4,6-7,10-11,13,16,18H,5,8-9H2,1-2H3. The molecule has 0 saturated carbocycles. The van der Waals surface area contributed by atoms with Crippen molar-refractivity contribution in [3.8, 4) is 0 Å². The molecule has 0 bridgehead atoms. The molecule has 0 amide bonds. The number of aryl methyl sites for hydroxylation is 2. The zero-order chi connectivity index (χ0) is 13.2. The molecule has 2 heteroatoms. The van der Waals surface area contributed by atoms with Gasteiger partial charge in [0, 0.05) is 17.0 Å². The highest BCUT2D eigenvalue weighted by atomic mass is 32.1. The van der Waals surface area contributed by atoms with Gasteiger partial charge in [-0.3, -0.25) is 0 Å². The van der Waals surface area contributed by atoms with Gasteiger partial charge < -0.3 is 5.32 Å². The zero-order valence-corrected chi connectivity index (χ0v) is 12.5. The monoisotopic (exact) mass is 271 g/mol. The highest BCUT2D eigenvalue weighted by Gasteiger charge is 2.22. The van der Waals surface area contributed by atoms with Crippen LogP contribution < -0.4 is 5.32 Å². The largest absolute Gasteiger partial charge is 0.303 e. The number of hydrogen-bond acceptors (Lipinski definition) is 2. The lowest BCUT2D eigenvalue weighted by molar-refractivity contribution is 0.417. The fraction of sp³-hybridized carbons (Fsp3) is 0.412. The molecule has 1 N–H and O–H groups in total. The molecule has 1 aliphatic rings. The third-order valence-electron chi connectivity index (χ3n) is 4.16. The zero-order valence-electron chi connectivity index (χ0n) is 11.6. The maximum atomic E-state index is 3.82. The van der Waals surface area contributed by atoms with Crippen LogP contribution in [-0.4, -0.2) is 0 Å². The van der Waals surface area contributed by atoms with Gasteiger partial charge in [0.05, 0.1) is 0 Å². The molecule has 0 saturated heterocycles. The molecule has 0 fully saturated rings. The Balaban J connectivity index is 1.78. The SMILES string of the molecule is Cc1ccccc1C(C)NC1CCCc2sccc21. The Kier molecular flexibility index (Phi) is 3.72. The van der Waals surface area contributed by atoms with E-state index in [1.54, 1.807) is 4.88 Å². The van der Waals surface area contributed by atoms with Crippen LogP contribution in [0.1, 0.15) is 53.4 Å². The van der Waals surface area contributed by atoms with Crippen molar-refractivity contribution in [1.29, 1.82) is 0 Å². The second-order valence-electron chi connectivity index (χ2n) is 5.49. The van der Waals surface area contributed by atoms with Gasteiger partial charge >= 0.3 is 0 Å². The average Bonchev–Trinajstić information content (AvgIpc) is 2.88. The van der Waals surface area contributed by atoms with Crippen LogP contribution in [0.25, 0.3) is 0 Å². The van der Waals surface area contributed by atoms with Crippen LogP contribution in [0.2, 0.25) is 0 Å². The summed E-state index contributed by atoms with van der Waals surface area (Å²) in [6.45, 7) is 4.48. The van der Waals surface area contributed by atoms with E-state index in [0.717, 1.165) is 0 Å². The summed E-state index contributed by atoms with van der Waals surface area (Å²) in [5.41, 5.74) is 4.34. The molecule has 2 unspecified atom stereocenters. The molecular weight excluding hydrogens is 250 g/mol. The summed E-state index contributed by atoms with van der Waals surface area (Å²) in [5, 5.41) is 6.06. The molecule has 1 nitrogen and oxygen atoms in total. The van der Waals surface area contributed by atoms with E-state index >= 15 is 0 Å². The van der Waals surface area contributed by atoms with Gasteiger partial charge in [0.15, 0.2) is 0 Å². The first-order chi connectivity index (χ1) is 9.25. The second kappa shape index (κ2) is 5.48. The van der Waals surface area contributed by atoms with Gasteiger partial charge in [0.2, 0.25) is 0 Å². The Bertz CT molecular complexity index is 558. The summed E-state index contributed by atoms with van der Waals surface area (Å²) in [6, 6.07) is 11.9. The fourth-order valence-corrected chi connectivity index (χ4v) is 4.11. The quantitative estimate of drug-likeness (QED) is 0.846. The summed E-state index contributed by atoms with van der Waals surface area (Å²) in [7, 11) is 0. The van der Waals surface area contributed by atoms with Gasteiger partial charge in [-0.15, -0.1) is 11.3 Å². The molecule has 19 heavy (non-hydrogen) atoms. The number of fused-ring (bicyclic) bond motifs is 1. The van der Waals surface area contributed by atoms with Crippen LogP contribution in [0.4, 0.5) is 0 Å². The van der Waals surface area contributed by atoms with Crippen molar-refractivity contribution in [2.45, 2.75) is 45.2 Å². The van der Waals surface area contributed by atoms with Crippen LogP contribution in [0.5, 0.6) is 0 Å². The predicted octanol–water partition coefficient (Wildman–Crippen LogP) is 4.78. The molecule has 3 rings (SSSR count). The summed E-state index contributed by atoms with van der Waals surface area (Å²) in [4.78, 5) is 1.58. The van der Waals surface area contributed by atoms with Crippen molar-refractivity contribution in [2.24, 2.45) is 0 Å². The maximum absolute atomic E-state index is 3.82. The molecule has 1 heterocycles. The lowest BCUT2D eigenvalue weighted by atomic mass is 9.92. The van der Waals surface area contributed by atoms with Gasteiger partial charge in [-0.05, 0) is 61.2 Å². The average molecular weight is 271 g/mol. The summed E-state index contributed by atoms with van der Waals surface area (Å²) in [5.74, 6) is 0. The molecule has 0 radical (unpaired) electrons. The third kappa shape index (κ3) is 2.60. The van der Waals surface area contributed by atoms with E-state index in [4.69, 9.17) is 0 Å². The van der Waals surface area contributed by atoms with Crippen molar-refractivity contribution in [1.82, 2.24) is 5.32 Å². The van der Waals surface area contributed by atoms with E-state index < -0.39 is 0 Å². The number of thiophene rings is 1. The molecule has 0 spiro atoms. The van der Waals surface area contributed by atoms with E-state index in [0.29, 0.717) is 12.1 Å². The summed E-state index contributed by atoms with van der Waals surface area (Å²) < 4.78 is 0. The van der Waals surface area contributed by atoms with Crippen LogP contribution in [-0.2, 0) is 6.42 Å². The van der Waals surface area contributed by atoms with Crippen LogP contribution in [0, 0.1) is 6.92 Å². The molecule has 2 aromatic rings. The minimum Gasteiger partial charge on any atom is -0.303 e. The molecule has 1 aromatic carbocycles. The van der Waals surface area contributed by atoms with Crippen molar-refractivity contribution < 1.29 is 0 Å². The first kappa shape index (κ1) is 12.9. The summed E-state index contributed by atoms with van der Waals surface area (Å²) >= 11 is 1.92. The normalized spacial score (nSPS) is 20.0. The molecule has 1 aromatic heterocycles. The van der Waals surface area contributed by atoms with E-state index in [-0.39, 0.29) is 0 Å². The molecule has 1 aliphatic carbocycles. The second-order valence-corrected chi connectivity index (χ2v) is 6.49. The van der Waals surface area contributed by atoms with Crippen LogP contribution >= 0.6 is 11.3 Å². The Morgan fingerprint density at radius 2 is 2.11 bits per heavy atom. The Morgan fingerprint density at radius 1 is 1.26 bits per heavy atom. The number of rotatable bonds is 3. The third-order valence-corrected chi connectivity index (χ3v) is 5.15. The lowest BCUT2D eigenvalue weighted by Gasteiger charge is -2.28. The van der Waals surface area contributed by atoms with E-state index in [1.165, 1.54) is 36.0 Å². The molecular formula is C17H21NS. The minimum absolute atomic E-state index is 0.414. The molecule has 0 aliphatic heterocycles. The topological polar surface area (TPSA) is 12.0 Å². The van der Waals surface area contributed by atoms with Gasteiger partial charge in [-0.2, -0.15) is 0 Å². The van der Waals surface area contributed by atoms with Gasteiger partial charge in [-0.25, -0.2) is 0 Å². The van der Waals surface area contributed by atoms with E-state index in [2.05, 4.69) is 54.9 Å². The maximum Gasteiger partial charge on any atom is 0.0336 e. The van der Waals surface area contributed by atoms with Gasteiger partial charge in [0.25, 0.3) is 0 Å². The van der Waals surface area contributed by atoms with Gasteiger partial charge in [-0.1, -0.05) is 24.3 Å². The Morgan fingerprint density at radius 3 is 2.95 bits per heavy atom. The van der Waals surface area contributed by atoms with Crippen molar-refractivity contribution in [3.63, 3.8) is 0 Å². The Hall–Kier alpha value is -1.12. The van der Waals surface area contributed by atoms with Crippen LogP contribution in [0.15, 0.2) is 35.7 Å². The van der Waals surface area contributed by atoms with Crippen molar-refractivity contribution >= 4 is 11.3 Å². The number of benzene rings is 1. The smallest absolute Gasteiger partial charge is 0.0336 e. The van der Waals surface area contributed by atoms with Crippen molar-refractivity contribution in [2.75, 3.05) is 0 Å². The highest BCUT2D eigenvalue weighted by Crippen LogP contribution is 2.35. The first-order valence-electron chi connectivity index (χ1n) is 7.13.